The Bertz CT molecular complexity index is 1230. The van der Waals surface area contributed by atoms with Gasteiger partial charge in [0, 0.05) is 29.6 Å². The highest BCUT2D eigenvalue weighted by molar-refractivity contribution is 7.99. The molecule has 33 heavy (non-hydrogen) atoms. The SMILES string of the molecule is C=CCN(C(=O)CSc1nnc(-c2ccccc2)n1CC=C)c1nc(-c2ccccc2)cs1. The molecule has 0 bridgehead atoms. The largest absolute Gasteiger partial charge is 0.298 e. The van der Waals surface area contributed by atoms with Crippen LogP contribution in [-0.2, 0) is 11.3 Å². The van der Waals surface area contributed by atoms with Crippen molar-refractivity contribution in [1.82, 2.24) is 19.7 Å². The Morgan fingerprint density at radius 2 is 1.70 bits per heavy atom. The summed E-state index contributed by atoms with van der Waals surface area (Å²) in [5.41, 5.74) is 2.84. The van der Waals surface area contributed by atoms with E-state index in [1.165, 1.54) is 23.1 Å². The molecular formula is C25H23N5OS2. The maximum absolute atomic E-state index is 13.1. The number of aromatic nitrogens is 4. The molecule has 0 saturated heterocycles. The third-order valence-electron chi connectivity index (χ3n) is 4.79. The Labute approximate surface area is 201 Å². The van der Waals surface area contributed by atoms with Crippen LogP contribution in [0.15, 0.2) is 96.5 Å². The first-order valence-electron chi connectivity index (χ1n) is 10.4. The fraction of sp³-hybridized carbons (Fsp3) is 0.120. The predicted octanol–water partition coefficient (Wildman–Crippen LogP) is 5.57. The first kappa shape index (κ1) is 22.7. The monoisotopic (exact) mass is 473 g/mol. The van der Waals surface area contributed by atoms with E-state index in [-0.39, 0.29) is 11.7 Å². The van der Waals surface area contributed by atoms with Gasteiger partial charge in [-0.05, 0) is 0 Å². The summed E-state index contributed by atoms with van der Waals surface area (Å²) in [5, 5.41) is 12.0. The highest BCUT2D eigenvalue weighted by Gasteiger charge is 2.21. The van der Waals surface area contributed by atoms with Gasteiger partial charge in [0.25, 0.3) is 0 Å². The first-order chi connectivity index (χ1) is 16.2. The average Bonchev–Trinajstić information content (AvgIpc) is 3.50. The Hall–Kier alpha value is -3.49. The molecule has 0 aliphatic rings. The Morgan fingerprint density at radius 1 is 1.00 bits per heavy atom. The van der Waals surface area contributed by atoms with Crippen LogP contribution < -0.4 is 4.90 Å². The van der Waals surface area contributed by atoms with E-state index in [1.807, 2.05) is 70.6 Å². The lowest BCUT2D eigenvalue weighted by Gasteiger charge is -2.17. The number of rotatable bonds is 10. The maximum atomic E-state index is 13.1. The third kappa shape index (κ3) is 5.30. The molecule has 4 aromatic rings. The Balaban J connectivity index is 1.51. The Kier molecular flexibility index (Phi) is 7.49. The van der Waals surface area contributed by atoms with Crippen LogP contribution in [0.4, 0.5) is 5.13 Å². The average molecular weight is 474 g/mol. The van der Waals surface area contributed by atoms with Crippen molar-refractivity contribution in [2.75, 3.05) is 17.2 Å². The molecule has 0 saturated carbocycles. The second-order valence-electron chi connectivity index (χ2n) is 7.03. The van der Waals surface area contributed by atoms with Gasteiger partial charge in [0.05, 0.1) is 11.4 Å². The number of carbonyl (C=O) groups is 1. The predicted molar refractivity (Wildman–Crippen MR) is 136 cm³/mol. The van der Waals surface area contributed by atoms with Crippen molar-refractivity contribution < 1.29 is 4.79 Å². The highest BCUT2D eigenvalue weighted by Crippen LogP contribution is 2.29. The normalized spacial score (nSPS) is 10.7. The summed E-state index contributed by atoms with van der Waals surface area (Å²) in [4.78, 5) is 19.5. The fourth-order valence-electron chi connectivity index (χ4n) is 3.24. The van der Waals surface area contributed by atoms with E-state index in [4.69, 9.17) is 0 Å². The highest BCUT2D eigenvalue weighted by atomic mass is 32.2. The number of benzene rings is 2. The molecule has 6 nitrogen and oxygen atoms in total. The van der Waals surface area contributed by atoms with Crippen LogP contribution in [0.2, 0.25) is 0 Å². The van der Waals surface area contributed by atoms with Gasteiger partial charge >= 0.3 is 0 Å². The Morgan fingerprint density at radius 3 is 2.36 bits per heavy atom. The topological polar surface area (TPSA) is 63.9 Å². The van der Waals surface area contributed by atoms with E-state index in [2.05, 4.69) is 28.3 Å². The summed E-state index contributed by atoms with van der Waals surface area (Å²) in [5.74, 6) is 0.891. The van der Waals surface area contributed by atoms with Crippen molar-refractivity contribution in [3.63, 3.8) is 0 Å². The van der Waals surface area contributed by atoms with Gasteiger partial charge in [0.15, 0.2) is 16.1 Å². The van der Waals surface area contributed by atoms with E-state index in [0.29, 0.717) is 23.4 Å². The van der Waals surface area contributed by atoms with Crippen LogP contribution in [-0.4, -0.2) is 38.0 Å². The molecule has 0 unspecified atom stereocenters. The molecule has 0 N–H and O–H groups in total. The van der Waals surface area contributed by atoms with Gasteiger partial charge < -0.3 is 0 Å². The number of amides is 1. The van der Waals surface area contributed by atoms with Crippen molar-refractivity contribution in [2.45, 2.75) is 11.7 Å². The minimum absolute atomic E-state index is 0.0664. The van der Waals surface area contributed by atoms with Gasteiger partial charge in [-0.25, -0.2) is 4.98 Å². The number of allylic oxidation sites excluding steroid dienone is 1. The van der Waals surface area contributed by atoms with Gasteiger partial charge in [-0.3, -0.25) is 14.3 Å². The minimum Gasteiger partial charge on any atom is -0.298 e. The third-order valence-corrected chi connectivity index (χ3v) is 6.61. The number of thiazole rings is 1. The van der Waals surface area contributed by atoms with Crippen molar-refractivity contribution in [2.24, 2.45) is 0 Å². The molecule has 0 fully saturated rings. The molecule has 8 heteroatoms. The van der Waals surface area contributed by atoms with Gasteiger partial charge in [-0.2, -0.15) is 0 Å². The first-order valence-corrected chi connectivity index (χ1v) is 12.2. The minimum atomic E-state index is -0.0664. The number of anilines is 1. The summed E-state index contributed by atoms with van der Waals surface area (Å²) < 4.78 is 1.97. The molecule has 2 heterocycles. The van der Waals surface area contributed by atoms with Gasteiger partial charge in [-0.15, -0.1) is 34.7 Å². The van der Waals surface area contributed by atoms with E-state index >= 15 is 0 Å². The summed E-state index contributed by atoms with van der Waals surface area (Å²) >= 11 is 2.80. The van der Waals surface area contributed by atoms with Crippen LogP contribution in [0.1, 0.15) is 0 Å². The second-order valence-corrected chi connectivity index (χ2v) is 8.81. The van der Waals surface area contributed by atoms with Gasteiger partial charge in [0.1, 0.15) is 0 Å². The number of carbonyl (C=O) groups excluding carboxylic acids is 1. The lowest BCUT2D eigenvalue weighted by Crippen LogP contribution is -2.32. The number of hydrogen-bond acceptors (Lipinski definition) is 6. The molecule has 0 spiro atoms. The van der Waals surface area contributed by atoms with Crippen molar-refractivity contribution >= 4 is 34.1 Å². The quantitative estimate of drug-likeness (QED) is 0.223. The number of nitrogens with zero attached hydrogens (tertiary/aromatic N) is 5. The zero-order valence-electron chi connectivity index (χ0n) is 18.0. The van der Waals surface area contributed by atoms with Crippen LogP contribution in [0.25, 0.3) is 22.6 Å². The lowest BCUT2D eigenvalue weighted by atomic mass is 10.2. The van der Waals surface area contributed by atoms with Gasteiger partial charge in [-0.1, -0.05) is 84.6 Å². The summed E-state index contributed by atoms with van der Waals surface area (Å²) in [6.45, 7) is 8.59. The number of hydrogen-bond donors (Lipinski definition) is 0. The molecule has 2 aromatic carbocycles. The van der Waals surface area contributed by atoms with Crippen molar-refractivity contribution in [3.05, 3.63) is 91.4 Å². The molecule has 0 atom stereocenters. The van der Waals surface area contributed by atoms with E-state index in [1.54, 1.807) is 17.1 Å². The summed E-state index contributed by atoms with van der Waals surface area (Å²) in [6.07, 6.45) is 3.51. The van der Waals surface area contributed by atoms with Crippen molar-refractivity contribution in [3.8, 4) is 22.6 Å². The molecular weight excluding hydrogens is 450 g/mol. The molecule has 0 aliphatic heterocycles. The smallest absolute Gasteiger partial charge is 0.239 e. The summed E-state index contributed by atoms with van der Waals surface area (Å²) in [7, 11) is 0. The van der Waals surface area contributed by atoms with Crippen LogP contribution in [0, 0.1) is 0 Å². The zero-order valence-corrected chi connectivity index (χ0v) is 19.6. The maximum Gasteiger partial charge on any atom is 0.239 e. The fourth-order valence-corrected chi connectivity index (χ4v) is 4.92. The zero-order chi connectivity index (χ0) is 23.0. The molecule has 4 rings (SSSR count). The molecule has 166 valence electrons. The molecule has 0 radical (unpaired) electrons. The van der Waals surface area contributed by atoms with E-state index in [9.17, 15) is 4.79 Å². The van der Waals surface area contributed by atoms with E-state index < -0.39 is 0 Å². The second kappa shape index (κ2) is 10.9. The van der Waals surface area contributed by atoms with E-state index in [0.717, 1.165) is 22.6 Å². The van der Waals surface area contributed by atoms with Gasteiger partial charge in [0.2, 0.25) is 5.91 Å². The number of thioether (sulfide) groups is 1. The molecule has 0 aliphatic carbocycles. The standard InChI is InChI=1S/C25H23N5OS2/c1-3-15-29(24-26-21(17-32-24)19-11-7-5-8-12-19)22(31)18-33-25-28-27-23(30(25)16-4-2)20-13-9-6-10-14-20/h3-14,17H,1-2,15-16,18H2. The van der Waals surface area contributed by atoms with Crippen LogP contribution in [0.3, 0.4) is 0 Å². The van der Waals surface area contributed by atoms with Crippen LogP contribution in [0.5, 0.6) is 0 Å². The lowest BCUT2D eigenvalue weighted by molar-refractivity contribution is -0.116. The van der Waals surface area contributed by atoms with Crippen molar-refractivity contribution in [1.29, 1.82) is 0 Å². The van der Waals surface area contributed by atoms with Crippen LogP contribution >= 0.6 is 23.1 Å². The molecule has 1 amide bonds. The summed E-state index contributed by atoms with van der Waals surface area (Å²) in [6, 6.07) is 19.8. The molecule has 2 aromatic heterocycles.